The van der Waals surface area contributed by atoms with Crippen LogP contribution in [0.4, 0.5) is 0 Å². The Morgan fingerprint density at radius 2 is 2.19 bits per heavy atom. The van der Waals surface area contributed by atoms with Gasteiger partial charge in [0.2, 0.25) is 0 Å². The van der Waals surface area contributed by atoms with Crippen LogP contribution in [0.15, 0.2) is 34.9 Å². The van der Waals surface area contributed by atoms with Gasteiger partial charge in [-0.05, 0) is 31.7 Å². The predicted octanol–water partition coefficient (Wildman–Crippen LogP) is 2.12. The van der Waals surface area contributed by atoms with Crippen molar-refractivity contribution in [1.29, 1.82) is 0 Å². The molecule has 1 aromatic carbocycles. The third-order valence-electron chi connectivity index (χ3n) is 3.16. The van der Waals surface area contributed by atoms with Crippen LogP contribution in [0.5, 0.6) is 0 Å². The Bertz CT molecular complexity index is 464. The van der Waals surface area contributed by atoms with Gasteiger partial charge in [0.1, 0.15) is 5.58 Å². The summed E-state index contributed by atoms with van der Waals surface area (Å²) < 4.78 is 5.36. The molecule has 2 rings (SSSR count). The van der Waals surface area contributed by atoms with Crippen LogP contribution in [-0.2, 0) is 0 Å². The largest absolute Gasteiger partial charge is 0.464 e. The second kappa shape index (κ2) is 4.68. The molecule has 0 saturated heterocycles. The van der Waals surface area contributed by atoms with Crippen molar-refractivity contribution >= 4 is 11.0 Å². The van der Waals surface area contributed by atoms with Crippen LogP contribution in [0.1, 0.15) is 18.4 Å². The second-order valence-corrected chi connectivity index (χ2v) is 4.08. The predicted molar refractivity (Wildman–Crippen MR) is 64.6 cm³/mol. The topological polar surface area (TPSA) is 45.4 Å². The Balaban J connectivity index is 2.36. The van der Waals surface area contributed by atoms with Crippen molar-refractivity contribution in [3.8, 4) is 0 Å². The summed E-state index contributed by atoms with van der Waals surface area (Å²) in [5.74, 6) is 0.0968. The van der Waals surface area contributed by atoms with E-state index in [0.29, 0.717) is 0 Å². The molecule has 0 aliphatic heterocycles. The highest BCUT2D eigenvalue weighted by molar-refractivity contribution is 5.77. The minimum atomic E-state index is 0.0968. The minimum Gasteiger partial charge on any atom is -0.464 e. The van der Waals surface area contributed by atoms with Crippen LogP contribution < -0.4 is 5.32 Å². The van der Waals surface area contributed by atoms with Crippen LogP contribution in [0.25, 0.3) is 11.0 Å². The lowest BCUT2D eigenvalue weighted by atomic mass is 9.93. The molecule has 1 unspecified atom stereocenters. The molecule has 16 heavy (non-hydrogen) atoms. The van der Waals surface area contributed by atoms with Gasteiger partial charge in [-0.3, -0.25) is 0 Å². The van der Waals surface area contributed by atoms with Gasteiger partial charge in [-0.25, -0.2) is 0 Å². The summed E-state index contributed by atoms with van der Waals surface area (Å²) in [4.78, 5) is 0. The van der Waals surface area contributed by atoms with Gasteiger partial charge in [0.15, 0.2) is 0 Å². The highest BCUT2D eigenvalue weighted by atomic mass is 16.3. The average molecular weight is 219 g/mol. The summed E-state index contributed by atoms with van der Waals surface area (Å²) in [6.07, 6.45) is 1.68. The Morgan fingerprint density at radius 3 is 2.88 bits per heavy atom. The van der Waals surface area contributed by atoms with Gasteiger partial charge < -0.3 is 14.8 Å². The number of furan rings is 1. The Hall–Kier alpha value is -1.32. The van der Waals surface area contributed by atoms with Crippen molar-refractivity contribution in [2.24, 2.45) is 0 Å². The van der Waals surface area contributed by atoms with E-state index in [9.17, 15) is 5.11 Å². The molecule has 0 spiro atoms. The molecule has 0 bridgehead atoms. The van der Waals surface area contributed by atoms with Gasteiger partial charge in [0.25, 0.3) is 0 Å². The number of aliphatic hydroxyl groups excluding tert-OH is 1. The standard InChI is InChI=1S/C13H17NO2/c1-9(14-2)12(8-15)11-4-3-10-5-6-16-13(10)7-11/h3-7,9,12,14-15H,8H2,1-2H3/t9?,12-/m1/s1. The summed E-state index contributed by atoms with van der Waals surface area (Å²) in [7, 11) is 1.90. The lowest BCUT2D eigenvalue weighted by Gasteiger charge is -2.21. The van der Waals surface area contributed by atoms with Gasteiger partial charge in [-0.15, -0.1) is 0 Å². The van der Waals surface area contributed by atoms with E-state index in [0.717, 1.165) is 16.5 Å². The molecular weight excluding hydrogens is 202 g/mol. The summed E-state index contributed by atoms with van der Waals surface area (Å²) >= 11 is 0. The van der Waals surface area contributed by atoms with Gasteiger partial charge in [-0.1, -0.05) is 12.1 Å². The number of benzene rings is 1. The van der Waals surface area contributed by atoms with E-state index in [1.54, 1.807) is 6.26 Å². The summed E-state index contributed by atoms with van der Waals surface area (Å²) in [5.41, 5.74) is 1.98. The number of nitrogens with one attached hydrogen (secondary N) is 1. The molecule has 3 heteroatoms. The molecule has 0 saturated carbocycles. The fourth-order valence-corrected chi connectivity index (χ4v) is 1.96. The van der Waals surface area contributed by atoms with Crippen molar-refractivity contribution in [3.05, 3.63) is 36.1 Å². The van der Waals surface area contributed by atoms with E-state index in [1.165, 1.54) is 0 Å². The fraction of sp³-hybridized carbons (Fsp3) is 0.385. The molecular formula is C13H17NO2. The minimum absolute atomic E-state index is 0.0968. The zero-order chi connectivity index (χ0) is 11.5. The molecule has 2 N–H and O–H groups in total. The monoisotopic (exact) mass is 219 g/mol. The van der Waals surface area contributed by atoms with E-state index in [1.807, 2.05) is 31.3 Å². The first kappa shape index (κ1) is 11.2. The summed E-state index contributed by atoms with van der Waals surface area (Å²) in [6.45, 7) is 2.20. The molecule has 0 aliphatic rings. The summed E-state index contributed by atoms with van der Waals surface area (Å²) in [6, 6.07) is 8.25. The lowest BCUT2D eigenvalue weighted by molar-refractivity contribution is 0.243. The average Bonchev–Trinajstić information content (AvgIpc) is 2.77. The number of fused-ring (bicyclic) bond motifs is 1. The number of likely N-dealkylation sites (N-methyl/N-ethyl adjacent to an activating group) is 1. The van der Waals surface area contributed by atoms with Gasteiger partial charge in [0.05, 0.1) is 12.9 Å². The molecule has 2 aromatic rings. The number of hydrogen-bond donors (Lipinski definition) is 2. The normalized spacial score (nSPS) is 15.2. The molecule has 0 radical (unpaired) electrons. The van der Waals surface area contributed by atoms with Crippen LogP contribution in [-0.4, -0.2) is 24.8 Å². The molecule has 2 atom stereocenters. The van der Waals surface area contributed by atoms with Gasteiger partial charge in [0, 0.05) is 17.3 Å². The highest BCUT2D eigenvalue weighted by Crippen LogP contribution is 2.24. The maximum atomic E-state index is 9.43. The molecule has 1 aromatic heterocycles. The molecule has 3 nitrogen and oxygen atoms in total. The molecule has 0 fully saturated rings. The van der Waals surface area contributed by atoms with Crippen molar-refractivity contribution < 1.29 is 9.52 Å². The fourth-order valence-electron chi connectivity index (χ4n) is 1.96. The first-order valence-electron chi connectivity index (χ1n) is 5.51. The van der Waals surface area contributed by atoms with E-state index in [2.05, 4.69) is 12.2 Å². The summed E-state index contributed by atoms with van der Waals surface area (Å²) in [5, 5.41) is 13.7. The molecule has 86 valence electrons. The van der Waals surface area contributed by atoms with Crippen molar-refractivity contribution in [2.45, 2.75) is 18.9 Å². The second-order valence-electron chi connectivity index (χ2n) is 4.08. The SMILES string of the molecule is CNC(C)[C@@H](CO)c1ccc2ccoc2c1. The highest BCUT2D eigenvalue weighted by Gasteiger charge is 2.17. The van der Waals surface area contributed by atoms with Crippen molar-refractivity contribution in [1.82, 2.24) is 5.32 Å². The molecule has 1 heterocycles. The van der Waals surface area contributed by atoms with Crippen molar-refractivity contribution in [2.75, 3.05) is 13.7 Å². The Morgan fingerprint density at radius 1 is 1.38 bits per heavy atom. The van der Waals surface area contributed by atoms with Gasteiger partial charge in [-0.2, -0.15) is 0 Å². The van der Waals surface area contributed by atoms with Crippen LogP contribution in [0.3, 0.4) is 0 Å². The van der Waals surface area contributed by atoms with Crippen LogP contribution in [0.2, 0.25) is 0 Å². The maximum absolute atomic E-state index is 9.43. The zero-order valence-corrected chi connectivity index (χ0v) is 9.60. The first-order chi connectivity index (χ1) is 7.76. The van der Waals surface area contributed by atoms with E-state index in [-0.39, 0.29) is 18.6 Å². The van der Waals surface area contributed by atoms with Crippen molar-refractivity contribution in [3.63, 3.8) is 0 Å². The van der Waals surface area contributed by atoms with E-state index in [4.69, 9.17) is 4.42 Å². The van der Waals surface area contributed by atoms with Crippen LogP contribution >= 0.6 is 0 Å². The van der Waals surface area contributed by atoms with E-state index < -0.39 is 0 Å². The smallest absolute Gasteiger partial charge is 0.134 e. The number of rotatable bonds is 4. The number of hydrogen-bond acceptors (Lipinski definition) is 3. The molecule has 0 amide bonds. The third kappa shape index (κ3) is 1.96. The Kier molecular flexibility index (Phi) is 3.27. The van der Waals surface area contributed by atoms with E-state index >= 15 is 0 Å². The number of aliphatic hydroxyl groups is 1. The Labute approximate surface area is 95.1 Å². The quantitative estimate of drug-likeness (QED) is 0.828. The molecule has 0 aliphatic carbocycles. The maximum Gasteiger partial charge on any atom is 0.134 e. The lowest BCUT2D eigenvalue weighted by Crippen LogP contribution is -2.30. The van der Waals surface area contributed by atoms with Crippen LogP contribution in [0, 0.1) is 0 Å². The third-order valence-corrected chi connectivity index (χ3v) is 3.16. The van der Waals surface area contributed by atoms with Gasteiger partial charge >= 0.3 is 0 Å². The zero-order valence-electron chi connectivity index (χ0n) is 9.60. The first-order valence-corrected chi connectivity index (χ1v) is 5.51.